The van der Waals surface area contributed by atoms with Crippen LogP contribution in [-0.2, 0) is 0 Å². The lowest BCUT2D eigenvalue weighted by Gasteiger charge is -2.36. The van der Waals surface area contributed by atoms with Crippen LogP contribution in [0.15, 0.2) is 17.6 Å². The summed E-state index contributed by atoms with van der Waals surface area (Å²) in [6.45, 7) is 3.40. The van der Waals surface area contributed by atoms with Gasteiger partial charge in [-0.25, -0.2) is 4.98 Å². The number of thioether (sulfide) groups is 1. The third-order valence-corrected chi connectivity index (χ3v) is 5.44. The van der Waals surface area contributed by atoms with E-state index in [1.807, 2.05) is 23.1 Å². The number of piperidine rings is 1. The molecule has 0 N–H and O–H groups in total. The fourth-order valence-corrected chi connectivity index (χ4v) is 4.16. The van der Waals surface area contributed by atoms with Crippen molar-refractivity contribution in [2.45, 2.75) is 24.0 Å². The Morgan fingerprint density at radius 2 is 2.10 bits per heavy atom. The van der Waals surface area contributed by atoms with Gasteiger partial charge in [-0.3, -0.25) is 4.40 Å². The van der Waals surface area contributed by atoms with Crippen molar-refractivity contribution in [1.82, 2.24) is 24.5 Å². The summed E-state index contributed by atoms with van der Waals surface area (Å²) < 4.78 is 2.05. The van der Waals surface area contributed by atoms with E-state index >= 15 is 0 Å². The molecule has 2 unspecified atom stereocenters. The Morgan fingerprint density at radius 3 is 2.95 bits per heavy atom. The van der Waals surface area contributed by atoms with Crippen LogP contribution < -0.4 is 4.90 Å². The van der Waals surface area contributed by atoms with Crippen molar-refractivity contribution in [2.75, 3.05) is 37.8 Å². The van der Waals surface area contributed by atoms with Crippen molar-refractivity contribution >= 4 is 23.2 Å². The minimum absolute atomic E-state index is 0.554. The van der Waals surface area contributed by atoms with Gasteiger partial charge >= 0.3 is 0 Å². The summed E-state index contributed by atoms with van der Waals surface area (Å²) in [4.78, 5) is 9.37. The van der Waals surface area contributed by atoms with Crippen molar-refractivity contribution < 1.29 is 0 Å². The highest BCUT2D eigenvalue weighted by atomic mass is 32.2. The molecule has 112 valence electrons. The Labute approximate surface area is 128 Å². The number of anilines is 1. The summed E-state index contributed by atoms with van der Waals surface area (Å²) in [6, 6.07) is 0.554. The quantitative estimate of drug-likeness (QED) is 0.781. The van der Waals surface area contributed by atoms with Crippen molar-refractivity contribution in [3.63, 3.8) is 0 Å². The molecule has 0 aromatic carbocycles. The number of hydrogen-bond donors (Lipinski definition) is 0. The Bertz CT molecular complexity index is 656. The van der Waals surface area contributed by atoms with Crippen LogP contribution in [0.4, 0.5) is 5.82 Å². The molecule has 2 fully saturated rings. The van der Waals surface area contributed by atoms with Crippen molar-refractivity contribution in [1.29, 1.82) is 0 Å². The van der Waals surface area contributed by atoms with E-state index in [1.165, 1.54) is 19.4 Å². The van der Waals surface area contributed by atoms with Crippen LogP contribution >= 0.6 is 11.8 Å². The van der Waals surface area contributed by atoms with Gasteiger partial charge in [0.2, 0.25) is 0 Å². The minimum atomic E-state index is 0.554. The lowest BCUT2D eigenvalue weighted by Crippen LogP contribution is -2.47. The molecule has 0 saturated carbocycles. The first-order valence-electron chi connectivity index (χ1n) is 7.47. The summed E-state index contributed by atoms with van der Waals surface area (Å²) in [7, 11) is 2.21. The smallest absolute Gasteiger partial charge is 0.195 e. The van der Waals surface area contributed by atoms with Gasteiger partial charge in [0.1, 0.15) is 0 Å². The standard InChI is InChI=1S/C14H20N6S/c1-18-6-3-10-4-7-19(11(10)9-18)13-12-15-5-8-20(12)14(21-2)17-16-13/h5,8,10-11H,3-4,6-7,9H2,1-2H3. The van der Waals surface area contributed by atoms with Gasteiger partial charge in [0, 0.05) is 31.5 Å². The fraction of sp³-hybridized carbons (Fsp3) is 0.643. The summed E-state index contributed by atoms with van der Waals surface area (Å²) >= 11 is 1.60. The third-order valence-electron chi connectivity index (χ3n) is 4.80. The van der Waals surface area contributed by atoms with E-state index in [4.69, 9.17) is 0 Å². The average Bonchev–Trinajstić information content (AvgIpc) is 3.12. The monoisotopic (exact) mass is 304 g/mol. The molecule has 2 aromatic heterocycles. The van der Waals surface area contributed by atoms with Gasteiger partial charge in [-0.15, -0.1) is 10.2 Å². The van der Waals surface area contributed by atoms with E-state index in [-0.39, 0.29) is 0 Å². The zero-order chi connectivity index (χ0) is 14.4. The molecular weight excluding hydrogens is 284 g/mol. The molecule has 2 aliphatic rings. The second-order valence-corrected chi connectivity index (χ2v) is 6.76. The Balaban J connectivity index is 1.75. The molecule has 0 aliphatic carbocycles. The van der Waals surface area contributed by atoms with E-state index in [9.17, 15) is 0 Å². The van der Waals surface area contributed by atoms with E-state index in [0.29, 0.717) is 6.04 Å². The summed E-state index contributed by atoms with van der Waals surface area (Å²) in [5, 5.41) is 9.77. The van der Waals surface area contributed by atoms with Crippen molar-refractivity contribution in [3.8, 4) is 0 Å². The summed E-state index contributed by atoms with van der Waals surface area (Å²) in [6.07, 6.45) is 8.38. The molecule has 0 bridgehead atoms. The molecule has 0 spiro atoms. The maximum atomic E-state index is 4.52. The number of imidazole rings is 1. The normalized spacial score (nSPS) is 26.5. The number of likely N-dealkylation sites (tertiary alicyclic amines) is 1. The molecule has 4 rings (SSSR count). The fourth-order valence-electron chi connectivity index (χ4n) is 3.69. The first-order valence-corrected chi connectivity index (χ1v) is 8.69. The number of likely N-dealkylation sites (N-methyl/N-ethyl adjacent to an activating group) is 1. The molecule has 21 heavy (non-hydrogen) atoms. The number of nitrogens with zero attached hydrogens (tertiary/aromatic N) is 6. The van der Waals surface area contributed by atoms with Crippen LogP contribution in [0.1, 0.15) is 12.8 Å². The Hall–Kier alpha value is -1.34. The van der Waals surface area contributed by atoms with E-state index in [1.54, 1.807) is 11.8 Å². The highest BCUT2D eigenvalue weighted by Crippen LogP contribution is 2.35. The van der Waals surface area contributed by atoms with E-state index in [0.717, 1.165) is 35.6 Å². The highest BCUT2D eigenvalue weighted by Gasteiger charge is 2.39. The zero-order valence-electron chi connectivity index (χ0n) is 12.4. The van der Waals surface area contributed by atoms with Gasteiger partial charge in [-0.05, 0) is 38.6 Å². The topological polar surface area (TPSA) is 49.6 Å². The third kappa shape index (κ3) is 2.10. The van der Waals surface area contributed by atoms with Crippen molar-refractivity contribution in [2.24, 2.45) is 5.92 Å². The second kappa shape index (κ2) is 5.14. The van der Waals surface area contributed by atoms with Crippen LogP contribution in [0.5, 0.6) is 0 Å². The van der Waals surface area contributed by atoms with Crippen LogP contribution in [-0.4, -0.2) is 63.5 Å². The molecule has 2 aliphatic heterocycles. The molecule has 0 amide bonds. The van der Waals surface area contributed by atoms with Crippen LogP contribution in [0.2, 0.25) is 0 Å². The first-order chi connectivity index (χ1) is 10.3. The molecule has 2 aromatic rings. The van der Waals surface area contributed by atoms with Gasteiger partial charge in [0.05, 0.1) is 0 Å². The predicted molar refractivity (Wildman–Crippen MR) is 83.9 cm³/mol. The van der Waals surface area contributed by atoms with Gasteiger partial charge in [-0.2, -0.15) is 0 Å². The maximum absolute atomic E-state index is 4.52. The van der Waals surface area contributed by atoms with Crippen LogP contribution in [0.3, 0.4) is 0 Å². The Kier molecular flexibility index (Phi) is 3.26. The number of fused-ring (bicyclic) bond motifs is 2. The lowest BCUT2D eigenvalue weighted by molar-refractivity contribution is 0.207. The van der Waals surface area contributed by atoms with Crippen LogP contribution in [0.25, 0.3) is 5.65 Å². The molecule has 0 radical (unpaired) electrons. The largest absolute Gasteiger partial charge is 0.347 e. The van der Waals surface area contributed by atoms with Crippen LogP contribution in [0, 0.1) is 5.92 Å². The highest BCUT2D eigenvalue weighted by molar-refractivity contribution is 7.98. The van der Waals surface area contributed by atoms with Gasteiger partial charge in [-0.1, -0.05) is 11.8 Å². The number of rotatable bonds is 2. The average molecular weight is 304 g/mol. The molecule has 6 nitrogen and oxygen atoms in total. The number of aromatic nitrogens is 4. The van der Waals surface area contributed by atoms with E-state index in [2.05, 4.69) is 32.0 Å². The molecular formula is C14H20N6S. The summed E-state index contributed by atoms with van der Waals surface area (Å²) in [5.41, 5.74) is 0.934. The minimum Gasteiger partial charge on any atom is -0.347 e. The molecule has 4 heterocycles. The van der Waals surface area contributed by atoms with Gasteiger partial charge in [0.25, 0.3) is 0 Å². The van der Waals surface area contributed by atoms with Gasteiger partial charge in [0.15, 0.2) is 16.6 Å². The Morgan fingerprint density at radius 1 is 1.24 bits per heavy atom. The maximum Gasteiger partial charge on any atom is 0.195 e. The van der Waals surface area contributed by atoms with Crippen molar-refractivity contribution in [3.05, 3.63) is 12.4 Å². The second-order valence-electron chi connectivity index (χ2n) is 5.99. The molecule has 7 heteroatoms. The van der Waals surface area contributed by atoms with E-state index < -0.39 is 0 Å². The lowest BCUT2D eigenvalue weighted by atomic mass is 9.92. The molecule has 2 atom stereocenters. The first kappa shape index (κ1) is 13.3. The predicted octanol–water partition coefficient (Wildman–Crippen LogP) is 1.38. The van der Waals surface area contributed by atoms with Gasteiger partial charge < -0.3 is 9.80 Å². The zero-order valence-corrected chi connectivity index (χ0v) is 13.3. The number of hydrogen-bond acceptors (Lipinski definition) is 6. The SMILES string of the molecule is CSc1nnc(N2CCC3CCN(C)CC32)c2nccn12. The summed E-state index contributed by atoms with van der Waals surface area (Å²) in [5.74, 6) is 1.74. The molecule has 2 saturated heterocycles.